The molecule has 0 bridgehead atoms. The van der Waals surface area contributed by atoms with Crippen LogP contribution in [0.15, 0.2) is 47.5 Å². The predicted octanol–water partition coefficient (Wildman–Crippen LogP) is 7.42. The largest absolute Gasteiger partial charge is 0.296 e. The Balaban J connectivity index is 2.06. The van der Waals surface area contributed by atoms with E-state index >= 15 is 0 Å². The van der Waals surface area contributed by atoms with E-state index in [2.05, 4.69) is 50.1 Å². The molecule has 0 spiro atoms. The van der Waals surface area contributed by atoms with Crippen LogP contribution in [0.4, 0.5) is 0 Å². The summed E-state index contributed by atoms with van der Waals surface area (Å²) in [5.41, 5.74) is 3.22. The highest BCUT2D eigenvalue weighted by molar-refractivity contribution is 6.39. The summed E-state index contributed by atoms with van der Waals surface area (Å²) in [6.45, 7) is 4.33. The maximum absolute atomic E-state index is 12.1. The fraction of sp³-hybridized carbons (Fsp3) is 0.462. The van der Waals surface area contributed by atoms with Crippen LogP contribution in [0, 0.1) is 6.92 Å². The summed E-state index contributed by atoms with van der Waals surface area (Å²) in [5.74, 6) is 0. The fourth-order valence-corrected chi connectivity index (χ4v) is 5.21. The molecule has 1 saturated carbocycles. The van der Waals surface area contributed by atoms with Crippen molar-refractivity contribution in [1.29, 1.82) is 0 Å². The van der Waals surface area contributed by atoms with Crippen LogP contribution in [0.25, 0.3) is 0 Å². The van der Waals surface area contributed by atoms with Gasteiger partial charge in [0, 0.05) is 21.7 Å². The minimum absolute atomic E-state index is 0.239. The van der Waals surface area contributed by atoms with Crippen molar-refractivity contribution in [2.24, 2.45) is 4.99 Å². The van der Waals surface area contributed by atoms with Gasteiger partial charge in [-0.3, -0.25) is 14.7 Å². The zero-order valence-corrected chi connectivity index (χ0v) is 20.2. The molecular formula is C26H32Cl2N2O. The van der Waals surface area contributed by atoms with Crippen LogP contribution in [-0.2, 0) is 4.79 Å². The van der Waals surface area contributed by atoms with Gasteiger partial charge in [-0.05, 0) is 69.8 Å². The topological polar surface area (TPSA) is 32.7 Å². The lowest BCUT2D eigenvalue weighted by Crippen LogP contribution is -2.49. The summed E-state index contributed by atoms with van der Waals surface area (Å²) in [6.07, 6.45) is 8.22. The van der Waals surface area contributed by atoms with E-state index in [1.165, 1.54) is 17.5 Å². The van der Waals surface area contributed by atoms with Crippen molar-refractivity contribution in [1.82, 2.24) is 4.90 Å². The SMILES string of the molecule is CCCC(c1ccc(C)cc1)N(C)C1(/N=C(\C=O)c2cc(Cl)cc(Cl)c2)CCCCC1. The molecule has 0 amide bonds. The number of aliphatic imine (C=N–C) groups is 1. The lowest BCUT2D eigenvalue weighted by Gasteiger charge is -2.46. The molecule has 5 heteroatoms. The van der Waals surface area contributed by atoms with Crippen LogP contribution in [0.5, 0.6) is 0 Å². The molecule has 3 rings (SSSR count). The number of nitrogens with zero attached hydrogens (tertiary/aromatic N) is 2. The first-order valence-electron chi connectivity index (χ1n) is 11.2. The third-order valence-corrected chi connectivity index (χ3v) is 6.84. The number of aryl methyl sites for hydroxylation is 1. The average Bonchev–Trinajstić information content (AvgIpc) is 2.76. The Labute approximate surface area is 196 Å². The van der Waals surface area contributed by atoms with Gasteiger partial charge in [0.15, 0.2) is 6.29 Å². The Hall–Kier alpha value is -1.68. The van der Waals surface area contributed by atoms with Gasteiger partial charge in [-0.2, -0.15) is 0 Å². The maximum atomic E-state index is 12.1. The molecule has 2 aromatic carbocycles. The molecule has 2 aromatic rings. The van der Waals surface area contributed by atoms with Crippen molar-refractivity contribution >= 4 is 35.2 Å². The number of rotatable bonds is 8. The number of benzene rings is 2. The molecule has 0 aromatic heterocycles. The lowest BCUT2D eigenvalue weighted by atomic mass is 9.85. The summed E-state index contributed by atoms with van der Waals surface area (Å²) >= 11 is 12.4. The van der Waals surface area contributed by atoms with Crippen LogP contribution >= 0.6 is 23.2 Å². The number of hydrogen-bond donors (Lipinski definition) is 0. The molecule has 0 saturated heterocycles. The monoisotopic (exact) mass is 458 g/mol. The normalized spacial score (nSPS) is 17.5. The third kappa shape index (κ3) is 5.77. The molecule has 31 heavy (non-hydrogen) atoms. The minimum atomic E-state index is -0.423. The standard InChI is InChI=1S/C26H32Cl2N2O/c1-4-8-25(20-11-9-19(2)10-12-20)30(3)26(13-6-5-7-14-26)29-24(18-31)21-15-22(27)17-23(28)16-21/h9-12,15-18,25H,4-8,13-14H2,1-3H3/b29-24+. The molecule has 3 nitrogen and oxygen atoms in total. The third-order valence-electron chi connectivity index (χ3n) is 6.40. The molecular weight excluding hydrogens is 427 g/mol. The van der Waals surface area contributed by atoms with Gasteiger partial charge >= 0.3 is 0 Å². The van der Waals surface area contributed by atoms with Crippen LogP contribution < -0.4 is 0 Å². The molecule has 0 heterocycles. The van der Waals surface area contributed by atoms with Gasteiger partial charge in [0.2, 0.25) is 0 Å². The number of carbonyl (C=O) groups excluding carboxylic acids is 1. The van der Waals surface area contributed by atoms with Crippen molar-refractivity contribution in [3.8, 4) is 0 Å². The van der Waals surface area contributed by atoms with Crippen molar-refractivity contribution < 1.29 is 4.79 Å². The van der Waals surface area contributed by atoms with Gasteiger partial charge in [0.05, 0.1) is 0 Å². The number of halogens is 2. The van der Waals surface area contributed by atoms with Gasteiger partial charge in [0.25, 0.3) is 0 Å². The molecule has 1 atom stereocenters. The Morgan fingerprint density at radius 1 is 1.10 bits per heavy atom. The predicted molar refractivity (Wildman–Crippen MR) is 131 cm³/mol. The number of aldehydes is 1. The quantitative estimate of drug-likeness (QED) is 0.304. The van der Waals surface area contributed by atoms with E-state index in [1.54, 1.807) is 18.2 Å². The zero-order chi connectivity index (χ0) is 22.4. The molecule has 1 fully saturated rings. The average molecular weight is 459 g/mol. The van der Waals surface area contributed by atoms with Gasteiger partial charge < -0.3 is 0 Å². The van der Waals surface area contributed by atoms with Gasteiger partial charge in [-0.15, -0.1) is 0 Å². The summed E-state index contributed by atoms with van der Waals surface area (Å²) in [6, 6.07) is 14.2. The number of hydrogen-bond acceptors (Lipinski definition) is 3. The van der Waals surface area contributed by atoms with Crippen LogP contribution in [0.1, 0.15) is 74.6 Å². The Kier molecular flexibility index (Phi) is 8.32. The molecule has 0 radical (unpaired) electrons. The Morgan fingerprint density at radius 2 is 1.71 bits per heavy atom. The minimum Gasteiger partial charge on any atom is -0.296 e. The van der Waals surface area contributed by atoms with Crippen molar-refractivity contribution in [3.63, 3.8) is 0 Å². The first kappa shape index (κ1) is 24.0. The molecule has 1 aliphatic rings. The smallest absolute Gasteiger partial charge is 0.168 e. The van der Waals surface area contributed by atoms with Crippen molar-refractivity contribution in [2.75, 3.05) is 7.05 Å². The van der Waals surface area contributed by atoms with Crippen molar-refractivity contribution in [3.05, 3.63) is 69.2 Å². The van der Waals surface area contributed by atoms with Gasteiger partial charge in [-0.1, -0.05) is 72.8 Å². The highest BCUT2D eigenvalue weighted by Crippen LogP contribution is 2.41. The molecule has 0 N–H and O–H groups in total. The zero-order valence-electron chi connectivity index (χ0n) is 18.7. The van der Waals surface area contributed by atoms with E-state index in [1.807, 2.05) is 0 Å². The Bertz CT molecular complexity index is 897. The first-order chi connectivity index (χ1) is 14.9. The second kappa shape index (κ2) is 10.8. The van der Waals surface area contributed by atoms with Crippen molar-refractivity contribution in [2.45, 2.75) is 70.5 Å². The summed E-state index contributed by atoms with van der Waals surface area (Å²) in [4.78, 5) is 19.7. The first-order valence-corrected chi connectivity index (χ1v) is 11.9. The second-order valence-corrected chi connectivity index (χ2v) is 9.52. The summed E-state index contributed by atoms with van der Waals surface area (Å²) < 4.78 is 0. The van der Waals surface area contributed by atoms with Gasteiger partial charge in [0.1, 0.15) is 11.4 Å². The van der Waals surface area contributed by atoms with Crippen LogP contribution in [0.3, 0.4) is 0 Å². The summed E-state index contributed by atoms with van der Waals surface area (Å²) in [7, 11) is 2.17. The number of carbonyl (C=O) groups is 1. The second-order valence-electron chi connectivity index (χ2n) is 8.64. The van der Waals surface area contributed by atoms with E-state index in [-0.39, 0.29) is 6.04 Å². The molecule has 1 aliphatic carbocycles. The van der Waals surface area contributed by atoms with E-state index < -0.39 is 5.66 Å². The highest BCUT2D eigenvalue weighted by atomic mass is 35.5. The highest BCUT2D eigenvalue weighted by Gasteiger charge is 2.39. The molecule has 0 aliphatic heterocycles. The van der Waals surface area contributed by atoms with E-state index in [4.69, 9.17) is 28.2 Å². The van der Waals surface area contributed by atoms with E-state index in [0.717, 1.165) is 44.8 Å². The van der Waals surface area contributed by atoms with Gasteiger partial charge in [-0.25, -0.2) is 0 Å². The molecule has 166 valence electrons. The fourth-order valence-electron chi connectivity index (χ4n) is 4.68. The van der Waals surface area contributed by atoms with Crippen LogP contribution in [-0.4, -0.2) is 29.6 Å². The lowest BCUT2D eigenvalue weighted by molar-refractivity contribution is -0.102. The maximum Gasteiger partial charge on any atom is 0.168 e. The Morgan fingerprint density at radius 3 is 2.26 bits per heavy atom. The molecule has 1 unspecified atom stereocenters. The van der Waals surface area contributed by atoms with Crippen LogP contribution in [0.2, 0.25) is 10.0 Å². The van der Waals surface area contributed by atoms with E-state index in [9.17, 15) is 4.79 Å². The van der Waals surface area contributed by atoms with E-state index in [0.29, 0.717) is 21.3 Å². The summed E-state index contributed by atoms with van der Waals surface area (Å²) in [5, 5.41) is 1.01.